The summed E-state index contributed by atoms with van der Waals surface area (Å²) in [6.45, 7) is -0.309. The van der Waals surface area contributed by atoms with E-state index in [1.54, 1.807) is 0 Å². The minimum absolute atomic E-state index is 0.0345. The summed E-state index contributed by atoms with van der Waals surface area (Å²) in [5.41, 5.74) is 4.80. The van der Waals surface area contributed by atoms with Crippen molar-refractivity contribution in [2.75, 3.05) is 18.9 Å². The van der Waals surface area contributed by atoms with Crippen LogP contribution in [-0.2, 0) is 9.59 Å². The number of rotatable bonds is 6. The Morgan fingerprint density at radius 2 is 1.84 bits per heavy atom. The number of carbonyl (C=O) groups is 2. The van der Waals surface area contributed by atoms with E-state index in [9.17, 15) is 31.9 Å². The first-order valence-corrected chi connectivity index (χ1v) is 10.2. The number of amides is 2. The van der Waals surface area contributed by atoms with Crippen molar-refractivity contribution in [3.05, 3.63) is 28.4 Å². The molecule has 0 spiro atoms. The molecule has 0 aromatic carbocycles. The van der Waals surface area contributed by atoms with Gasteiger partial charge in [-0.2, -0.15) is 13.2 Å². The van der Waals surface area contributed by atoms with E-state index < -0.39 is 53.7 Å². The molecular formula is C20H28F4N4O3. The number of pyridine rings is 1. The number of halogens is 4. The first kappa shape index (κ1) is 24.8. The van der Waals surface area contributed by atoms with Gasteiger partial charge in [0, 0.05) is 19.3 Å². The fourth-order valence-electron chi connectivity index (χ4n) is 3.81. The fourth-order valence-corrected chi connectivity index (χ4v) is 3.81. The van der Waals surface area contributed by atoms with E-state index in [-0.39, 0.29) is 5.92 Å². The van der Waals surface area contributed by atoms with Crippen LogP contribution in [0.4, 0.5) is 23.2 Å². The number of nitrogens with zero attached hydrogens (tertiary/aromatic N) is 2. The minimum atomic E-state index is -4.61. The number of nitrogens with two attached hydrogens (primary N) is 1. The Morgan fingerprint density at radius 3 is 2.39 bits per heavy atom. The molecule has 2 rings (SSSR count). The molecule has 0 unspecified atom stereocenters. The zero-order valence-electron chi connectivity index (χ0n) is 17.5. The van der Waals surface area contributed by atoms with Crippen LogP contribution in [0.3, 0.4) is 0 Å². The maximum atomic E-state index is 14.5. The lowest BCUT2D eigenvalue weighted by atomic mass is 9.92. The predicted molar refractivity (Wildman–Crippen MR) is 107 cm³/mol. The van der Waals surface area contributed by atoms with Gasteiger partial charge in [0.2, 0.25) is 11.8 Å². The number of aromatic nitrogens is 1. The molecule has 1 aromatic heterocycles. The van der Waals surface area contributed by atoms with Gasteiger partial charge < -0.3 is 20.5 Å². The van der Waals surface area contributed by atoms with Crippen LogP contribution in [0.2, 0.25) is 0 Å². The molecule has 31 heavy (non-hydrogen) atoms. The van der Waals surface area contributed by atoms with Gasteiger partial charge in [-0.25, -0.2) is 4.39 Å². The number of hydrogen-bond acceptors (Lipinski definition) is 4. The first-order chi connectivity index (χ1) is 14.4. The molecule has 0 bridgehead atoms. The van der Waals surface area contributed by atoms with Crippen LogP contribution in [0, 0.1) is 11.7 Å². The van der Waals surface area contributed by atoms with Crippen molar-refractivity contribution in [1.29, 1.82) is 0 Å². The Kier molecular flexibility index (Phi) is 8.21. The summed E-state index contributed by atoms with van der Waals surface area (Å²) in [6, 6.07) is -1.43. The highest BCUT2D eigenvalue weighted by molar-refractivity contribution is 5.95. The number of alkyl halides is 3. The van der Waals surface area contributed by atoms with Gasteiger partial charge in [0.25, 0.3) is 5.56 Å². The topological polar surface area (TPSA) is 97.4 Å². The molecule has 1 aromatic rings. The molecule has 11 heteroatoms. The SMILES string of the molecule is C[C@H](C(=O)N(C)CC(F)(F)F)n1cc(F)c(NC(=O)[C@@H](N)C2CCCCCC2)cc1=O. The molecule has 174 valence electrons. The zero-order valence-corrected chi connectivity index (χ0v) is 17.5. The van der Waals surface area contributed by atoms with Crippen molar-refractivity contribution < 1.29 is 27.2 Å². The lowest BCUT2D eigenvalue weighted by molar-refractivity contribution is -0.160. The van der Waals surface area contributed by atoms with E-state index in [0.29, 0.717) is 15.7 Å². The van der Waals surface area contributed by atoms with E-state index in [4.69, 9.17) is 5.73 Å². The van der Waals surface area contributed by atoms with Crippen LogP contribution < -0.4 is 16.6 Å². The standard InChI is InChI=1S/C20H28F4N4O3/c1-12(19(31)27(2)11-20(22,23)24)28-10-14(21)15(9-16(28)29)26-18(30)17(25)13-7-5-3-4-6-8-13/h9-10,12-13,17H,3-8,11,25H2,1-2H3,(H,26,30)/t12-,17+/m1/s1. The Morgan fingerprint density at radius 1 is 1.26 bits per heavy atom. The molecule has 1 fully saturated rings. The Hall–Kier alpha value is -2.43. The minimum Gasteiger partial charge on any atom is -0.335 e. The third-order valence-electron chi connectivity index (χ3n) is 5.57. The summed E-state index contributed by atoms with van der Waals surface area (Å²) >= 11 is 0. The molecule has 7 nitrogen and oxygen atoms in total. The lowest BCUT2D eigenvalue weighted by Gasteiger charge is -2.24. The van der Waals surface area contributed by atoms with Crippen LogP contribution in [0.25, 0.3) is 0 Å². The molecular weight excluding hydrogens is 420 g/mol. The average molecular weight is 448 g/mol. The quantitative estimate of drug-likeness (QED) is 0.517. The van der Waals surface area contributed by atoms with E-state index in [0.717, 1.165) is 51.6 Å². The van der Waals surface area contributed by atoms with Crippen molar-refractivity contribution >= 4 is 17.5 Å². The third kappa shape index (κ3) is 6.78. The first-order valence-electron chi connectivity index (χ1n) is 10.2. The zero-order chi connectivity index (χ0) is 23.3. The highest BCUT2D eigenvalue weighted by Gasteiger charge is 2.33. The summed E-state index contributed by atoms with van der Waals surface area (Å²) in [4.78, 5) is 37.4. The number of likely N-dealkylation sites (N-methyl/N-ethyl adjacent to an activating group) is 1. The van der Waals surface area contributed by atoms with Crippen molar-refractivity contribution in [1.82, 2.24) is 9.47 Å². The van der Waals surface area contributed by atoms with Gasteiger partial charge in [-0.15, -0.1) is 0 Å². The van der Waals surface area contributed by atoms with E-state index in [1.165, 1.54) is 6.92 Å². The molecule has 0 radical (unpaired) electrons. The normalized spacial score (nSPS) is 17.5. The summed E-state index contributed by atoms with van der Waals surface area (Å²) < 4.78 is 52.7. The maximum Gasteiger partial charge on any atom is 0.406 e. The fraction of sp³-hybridized carbons (Fsp3) is 0.650. The highest BCUT2D eigenvalue weighted by atomic mass is 19.4. The summed E-state index contributed by atoms with van der Waals surface area (Å²) in [7, 11) is 0.942. The molecule has 1 aliphatic rings. The van der Waals surface area contributed by atoms with Gasteiger partial charge in [0.05, 0.1) is 11.7 Å². The smallest absolute Gasteiger partial charge is 0.335 e. The second kappa shape index (κ2) is 10.3. The van der Waals surface area contributed by atoms with Gasteiger partial charge in [0.15, 0.2) is 5.82 Å². The number of nitrogens with one attached hydrogen (secondary N) is 1. The number of anilines is 1. The lowest BCUT2D eigenvalue weighted by Crippen LogP contribution is -2.43. The summed E-state index contributed by atoms with van der Waals surface area (Å²) in [5.74, 6) is -2.66. The second-order valence-corrected chi connectivity index (χ2v) is 8.03. The van der Waals surface area contributed by atoms with Crippen molar-refractivity contribution in [2.24, 2.45) is 11.7 Å². The molecule has 0 aliphatic heterocycles. The largest absolute Gasteiger partial charge is 0.406 e. The Bertz CT molecular complexity index is 848. The maximum absolute atomic E-state index is 14.5. The molecule has 1 saturated carbocycles. The molecule has 3 N–H and O–H groups in total. The summed E-state index contributed by atoms with van der Waals surface area (Å²) in [5, 5.41) is 2.32. The Labute approximate surface area is 177 Å². The average Bonchev–Trinajstić information content (AvgIpc) is 2.96. The third-order valence-corrected chi connectivity index (χ3v) is 5.57. The van der Waals surface area contributed by atoms with Gasteiger partial charge in [-0.1, -0.05) is 25.7 Å². The van der Waals surface area contributed by atoms with Crippen molar-refractivity contribution in [2.45, 2.75) is 63.7 Å². The van der Waals surface area contributed by atoms with E-state index >= 15 is 0 Å². The second-order valence-electron chi connectivity index (χ2n) is 8.03. The van der Waals surface area contributed by atoms with Crippen molar-refractivity contribution in [3.63, 3.8) is 0 Å². The van der Waals surface area contributed by atoms with Gasteiger partial charge in [0.1, 0.15) is 12.6 Å². The number of carbonyl (C=O) groups excluding carboxylic acids is 2. The van der Waals surface area contributed by atoms with Gasteiger partial charge >= 0.3 is 6.18 Å². The van der Waals surface area contributed by atoms with Crippen LogP contribution in [0.1, 0.15) is 51.5 Å². The molecule has 0 saturated heterocycles. The molecule has 2 atom stereocenters. The van der Waals surface area contributed by atoms with Crippen LogP contribution in [-0.4, -0.2) is 47.1 Å². The highest BCUT2D eigenvalue weighted by Crippen LogP contribution is 2.26. The molecule has 1 heterocycles. The van der Waals surface area contributed by atoms with Crippen LogP contribution in [0.15, 0.2) is 17.1 Å². The predicted octanol–water partition coefficient (Wildman–Crippen LogP) is 2.81. The number of hydrogen-bond donors (Lipinski definition) is 2. The summed E-state index contributed by atoms with van der Waals surface area (Å²) in [6.07, 6.45) is 1.76. The molecule has 1 aliphatic carbocycles. The van der Waals surface area contributed by atoms with Gasteiger partial charge in [-0.05, 0) is 25.7 Å². The van der Waals surface area contributed by atoms with Crippen LogP contribution >= 0.6 is 0 Å². The Balaban J connectivity index is 2.13. The van der Waals surface area contributed by atoms with E-state index in [1.807, 2.05) is 0 Å². The van der Waals surface area contributed by atoms with E-state index in [2.05, 4.69) is 5.32 Å². The molecule has 2 amide bonds. The van der Waals surface area contributed by atoms with Gasteiger partial charge in [-0.3, -0.25) is 14.4 Å². The monoisotopic (exact) mass is 448 g/mol. The van der Waals surface area contributed by atoms with Crippen molar-refractivity contribution in [3.8, 4) is 0 Å². The van der Waals surface area contributed by atoms with Crippen LogP contribution in [0.5, 0.6) is 0 Å².